The van der Waals surface area contributed by atoms with Crippen LogP contribution in [0.5, 0.6) is 0 Å². The molecule has 24 heavy (non-hydrogen) atoms. The average Bonchev–Trinajstić information content (AvgIpc) is 2.56. The number of carbonyl (C=O) groups is 1. The molecular weight excluding hydrogens is 428 g/mol. The molecule has 0 heterocycles. The summed E-state index contributed by atoms with van der Waals surface area (Å²) in [5, 5.41) is 0. The Morgan fingerprint density at radius 3 is 1.67 bits per heavy atom. The molecule has 1 nitrogen and oxygen atoms in total. The monoisotopic (exact) mass is 444 g/mol. The first-order valence-corrected chi connectivity index (χ1v) is 9.58. The summed E-state index contributed by atoms with van der Waals surface area (Å²) in [7, 11) is 0. The van der Waals surface area contributed by atoms with Gasteiger partial charge in [-0.2, -0.15) is 0 Å². The lowest BCUT2D eigenvalue weighted by molar-refractivity contribution is -0.113. The first-order chi connectivity index (χ1) is 11.5. The summed E-state index contributed by atoms with van der Waals surface area (Å²) in [5.41, 5.74) is 3.88. The van der Waals surface area contributed by atoms with Crippen molar-refractivity contribution in [3.05, 3.63) is 79.7 Å². The van der Waals surface area contributed by atoms with Crippen LogP contribution < -0.4 is 0 Å². The molecule has 1 aliphatic rings. The highest BCUT2D eigenvalue weighted by atomic mass is 79.9. The van der Waals surface area contributed by atoms with Crippen molar-refractivity contribution < 1.29 is 4.79 Å². The summed E-state index contributed by atoms with van der Waals surface area (Å²) in [6.45, 7) is 2.20. The van der Waals surface area contributed by atoms with E-state index >= 15 is 0 Å². The van der Waals surface area contributed by atoms with Crippen LogP contribution in [0.1, 0.15) is 30.9 Å². The number of Topliss-reactive ketones (excluding diaryl/α,β-unsaturated/α-hetero) is 1. The molecule has 0 saturated heterocycles. The summed E-state index contributed by atoms with van der Waals surface area (Å²) in [4.78, 5) is 12.9. The third-order valence-electron chi connectivity index (χ3n) is 4.19. The predicted octanol–water partition coefficient (Wildman–Crippen LogP) is 6.68. The smallest absolute Gasteiger partial charge is 0.185 e. The molecule has 3 heteroatoms. The van der Waals surface area contributed by atoms with Gasteiger partial charge in [-0.05, 0) is 54.2 Å². The lowest BCUT2D eigenvalue weighted by Crippen LogP contribution is -2.18. The maximum absolute atomic E-state index is 12.9. The van der Waals surface area contributed by atoms with E-state index in [2.05, 4.69) is 38.8 Å². The molecule has 0 amide bonds. The number of halogens is 2. The summed E-state index contributed by atoms with van der Waals surface area (Å²) in [6.07, 6.45) is 5.70. The minimum Gasteiger partial charge on any atom is -0.289 e. The topological polar surface area (TPSA) is 17.1 Å². The van der Waals surface area contributed by atoms with E-state index in [-0.39, 0.29) is 5.78 Å². The average molecular weight is 446 g/mol. The molecule has 0 aliphatic heterocycles. The highest BCUT2D eigenvalue weighted by molar-refractivity contribution is 9.10. The molecule has 122 valence electrons. The molecule has 1 fully saturated rings. The van der Waals surface area contributed by atoms with Gasteiger partial charge >= 0.3 is 0 Å². The van der Waals surface area contributed by atoms with Gasteiger partial charge in [-0.3, -0.25) is 4.79 Å². The van der Waals surface area contributed by atoms with Crippen molar-refractivity contribution in [3.63, 3.8) is 0 Å². The highest BCUT2D eigenvalue weighted by Gasteiger charge is 2.25. The van der Waals surface area contributed by atoms with Crippen LogP contribution in [0.4, 0.5) is 0 Å². The molecule has 0 N–H and O–H groups in total. The van der Waals surface area contributed by atoms with E-state index in [0.717, 1.165) is 44.1 Å². The maximum Gasteiger partial charge on any atom is 0.185 e. The van der Waals surface area contributed by atoms with Gasteiger partial charge in [0.2, 0.25) is 0 Å². The minimum atomic E-state index is 0.166. The molecule has 0 radical (unpaired) electrons. The number of benzene rings is 2. The van der Waals surface area contributed by atoms with Crippen molar-refractivity contribution in [1.29, 1.82) is 0 Å². The van der Waals surface area contributed by atoms with Gasteiger partial charge in [-0.25, -0.2) is 0 Å². The molecule has 3 rings (SSSR count). The van der Waals surface area contributed by atoms with Gasteiger partial charge in [-0.1, -0.05) is 75.2 Å². The number of hydrogen-bond donors (Lipinski definition) is 0. The number of carbonyl (C=O) groups excluding carboxylic acids is 1. The Balaban J connectivity index is 1.98. The normalized spacial score (nSPS) is 21.5. The van der Waals surface area contributed by atoms with Crippen LogP contribution in [-0.4, -0.2) is 5.78 Å². The lowest BCUT2D eigenvalue weighted by Gasteiger charge is -2.23. The maximum atomic E-state index is 12.9. The molecule has 0 atom stereocenters. The van der Waals surface area contributed by atoms with Gasteiger partial charge < -0.3 is 0 Å². The van der Waals surface area contributed by atoms with E-state index in [4.69, 9.17) is 0 Å². The van der Waals surface area contributed by atoms with Gasteiger partial charge in [0.1, 0.15) is 0 Å². The fourth-order valence-corrected chi connectivity index (χ4v) is 3.82. The summed E-state index contributed by atoms with van der Waals surface area (Å²) in [5.74, 6) is 0.629. The van der Waals surface area contributed by atoms with Gasteiger partial charge in [-0.15, -0.1) is 0 Å². The van der Waals surface area contributed by atoms with Crippen molar-refractivity contribution in [1.82, 2.24) is 0 Å². The Hall–Kier alpha value is -1.45. The second-order valence-corrected chi connectivity index (χ2v) is 7.93. The zero-order chi connectivity index (χ0) is 17.1. The zero-order valence-electron chi connectivity index (χ0n) is 13.4. The Kier molecular flexibility index (Phi) is 5.52. The molecule has 0 unspecified atom stereocenters. The molecule has 0 spiro atoms. The van der Waals surface area contributed by atoms with Crippen LogP contribution in [0.15, 0.2) is 68.6 Å². The van der Waals surface area contributed by atoms with Crippen molar-refractivity contribution >= 4 is 49.8 Å². The second-order valence-electron chi connectivity index (χ2n) is 6.22. The van der Waals surface area contributed by atoms with E-state index in [1.54, 1.807) is 0 Å². The number of ketones is 1. The van der Waals surface area contributed by atoms with Crippen molar-refractivity contribution in [2.24, 2.45) is 5.92 Å². The van der Waals surface area contributed by atoms with Crippen LogP contribution in [0.2, 0.25) is 0 Å². The second kappa shape index (κ2) is 7.62. The molecule has 2 aromatic rings. The predicted molar refractivity (Wildman–Crippen MR) is 108 cm³/mol. The molecular formula is C21H18Br2O. The van der Waals surface area contributed by atoms with E-state index in [1.807, 2.05) is 60.7 Å². The molecule has 1 aliphatic carbocycles. The molecule has 2 aromatic carbocycles. The standard InChI is InChI=1S/C21H18Br2O/c1-14-10-17(12-15-6-2-4-8-19(15)22)21(24)18(11-14)13-16-7-3-5-9-20(16)23/h2-9,12-14H,10-11H2,1H3/b17-12+,18-13+. The minimum absolute atomic E-state index is 0.166. The number of rotatable bonds is 2. The summed E-state index contributed by atoms with van der Waals surface area (Å²) in [6, 6.07) is 16.0. The Morgan fingerprint density at radius 2 is 1.25 bits per heavy atom. The third-order valence-corrected chi connectivity index (χ3v) is 5.63. The van der Waals surface area contributed by atoms with Crippen LogP contribution in [-0.2, 0) is 4.79 Å². The van der Waals surface area contributed by atoms with Gasteiger partial charge in [0, 0.05) is 20.1 Å². The van der Waals surface area contributed by atoms with E-state index < -0.39 is 0 Å². The van der Waals surface area contributed by atoms with E-state index in [9.17, 15) is 4.79 Å². The first-order valence-electron chi connectivity index (χ1n) is 7.99. The molecule has 1 saturated carbocycles. The van der Waals surface area contributed by atoms with E-state index in [0.29, 0.717) is 5.92 Å². The van der Waals surface area contributed by atoms with Crippen LogP contribution >= 0.6 is 31.9 Å². The Morgan fingerprint density at radius 1 is 0.833 bits per heavy atom. The van der Waals surface area contributed by atoms with Crippen LogP contribution in [0.3, 0.4) is 0 Å². The summed E-state index contributed by atoms with van der Waals surface area (Å²) < 4.78 is 2.03. The van der Waals surface area contributed by atoms with Crippen molar-refractivity contribution in [3.8, 4) is 0 Å². The molecule has 0 aromatic heterocycles. The van der Waals surface area contributed by atoms with Gasteiger partial charge in [0.05, 0.1) is 0 Å². The zero-order valence-corrected chi connectivity index (χ0v) is 16.6. The Bertz CT molecular complexity index is 766. The lowest BCUT2D eigenvalue weighted by atomic mass is 9.81. The fraction of sp³-hybridized carbons (Fsp3) is 0.190. The summed E-state index contributed by atoms with van der Waals surface area (Å²) >= 11 is 7.12. The number of allylic oxidation sites excluding steroid dienone is 2. The van der Waals surface area contributed by atoms with Gasteiger partial charge in [0.25, 0.3) is 0 Å². The number of hydrogen-bond acceptors (Lipinski definition) is 1. The Labute approximate surface area is 159 Å². The quantitative estimate of drug-likeness (QED) is 0.471. The third kappa shape index (κ3) is 3.96. The van der Waals surface area contributed by atoms with Crippen molar-refractivity contribution in [2.75, 3.05) is 0 Å². The largest absolute Gasteiger partial charge is 0.289 e. The van der Waals surface area contributed by atoms with Crippen LogP contribution in [0.25, 0.3) is 12.2 Å². The SMILES string of the molecule is CC1C/C(=C\c2ccccc2Br)C(=O)/C(=C/c2ccccc2Br)C1. The first kappa shape index (κ1) is 17.4. The van der Waals surface area contributed by atoms with Crippen LogP contribution in [0, 0.1) is 5.92 Å². The fourth-order valence-electron chi connectivity index (χ4n) is 3.02. The molecule has 0 bridgehead atoms. The van der Waals surface area contributed by atoms with Crippen molar-refractivity contribution in [2.45, 2.75) is 19.8 Å². The van der Waals surface area contributed by atoms with Gasteiger partial charge in [0.15, 0.2) is 5.78 Å². The highest BCUT2D eigenvalue weighted by Crippen LogP contribution is 2.33. The van der Waals surface area contributed by atoms with E-state index in [1.165, 1.54) is 0 Å².